The minimum atomic E-state index is -3.68. The maximum Gasteiger partial charge on any atom is 0.349 e. The number of cyclic esters (lactones) is 2. The molecule has 2 aliphatic rings. The number of halogens is 4. The number of sulfone groups is 2. The van der Waals surface area contributed by atoms with Crippen LogP contribution >= 0.6 is 0 Å². The number of hydrogen-bond acceptors (Lipinski definition) is 27. The van der Waals surface area contributed by atoms with Crippen molar-refractivity contribution in [2.45, 2.75) is 60.5 Å². The van der Waals surface area contributed by atoms with Gasteiger partial charge >= 0.3 is 47.8 Å². The molecule has 584 valence electrons. The van der Waals surface area contributed by atoms with Gasteiger partial charge in [-0.1, -0.05) is 12.1 Å². The molecule has 108 heavy (non-hydrogen) atoms. The summed E-state index contributed by atoms with van der Waals surface area (Å²) in [5.74, 6) is -15.5. The molecule has 6 aromatic carbocycles. The predicted octanol–water partition coefficient (Wildman–Crippen LogP) is 7.17. The number of nitrogen functional groups attached to an aromatic ring is 1. The summed E-state index contributed by atoms with van der Waals surface area (Å²) in [5.41, 5.74) is 6.33. The number of nitro benzene ring substituents is 1. The quantitative estimate of drug-likeness (QED) is 0.00695. The molecule has 0 aromatic heterocycles. The lowest BCUT2D eigenvalue weighted by molar-refractivity contribution is -0.385. The molecule has 0 bridgehead atoms. The van der Waals surface area contributed by atoms with Gasteiger partial charge in [-0.3, -0.25) is 48.6 Å². The first-order valence-corrected chi connectivity index (χ1v) is 34.1. The summed E-state index contributed by atoms with van der Waals surface area (Å²) in [6.07, 6.45) is 2.15. The smallest absolute Gasteiger partial charge is 0.349 e. The van der Waals surface area contributed by atoms with Gasteiger partial charge in [-0.2, -0.15) is 0 Å². The summed E-state index contributed by atoms with van der Waals surface area (Å²) in [5, 5.41) is 56.9. The molecule has 42 heteroatoms. The number of fused-ring (bicyclic) bond motifs is 2. The van der Waals surface area contributed by atoms with E-state index < -0.39 is 177 Å². The lowest BCUT2D eigenvalue weighted by atomic mass is 10.1. The average Bonchev–Trinajstić information content (AvgIpc) is 1.57. The number of esters is 4. The molecule has 8 rings (SSSR count). The van der Waals surface area contributed by atoms with Gasteiger partial charge in [0.05, 0.1) is 106 Å². The second kappa shape index (κ2) is 40.3. The molecular weight excluding hydrogens is 1500 g/mol. The Labute approximate surface area is 610 Å². The largest absolute Gasteiger partial charge is 0.493 e. The number of carboxylic acids is 5. The molecule has 2 atom stereocenters. The fourth-order valence-electron chi connectivity index (χ4n) is 9.14. The molecular formula is C66H70F4N6O30S2. The zero-order chi connectivity index (χ0) is 82.9. The van der Waals surface area contributed by atoms with Crippen molar-refractivity contribution in [3.8, 4) is 23.0 Å². The maximum absolute atomic E-state index is 14.2. The van der Waals surface area contributed by atoms with Gasteiger partial charge in [0.2, 0.25) is 11.8 Å². The van der Waals surface area contributed by atoms with Crippen molar-refractivity contribution in [2.75, 3.05) is 67.8 Å². The molecule has 0 saturated carbocycles. The summed E-state index contributed by atoms with van der Waals surface area (Å²) >= 11 is 0. The average molecular weight is 1570 g/mol. The number of nitrogens with one attached hydrogen (secondary N) is 2. The van der Waals surface area contributed by atoms with E-state index in [0.29, 0.717) is 65.5 Å². The molecule has 6 aromatic rings. The first kappa shape index (κ1) is 91.1. The van der Waals surface area contributed by atoms with Crippen LogP contribution in [0, 0.1) is 33.4 Å². The van der Waals surface area contributed by atoms with E-state index in [4.69, 9.17) is 60.7 Å². The first-order valence-electron chi connectivity index (χ1n) is 29.9. The van der Waals surface area contributed by atoms with Crippen molar-refractivity contribution in [1.82, 2.24) is 4.90 Å². The highest BCUT2D eigenvalue weighted by atomic mass is 32.2. The number of nitro groups is 1. The van der Waals surface area contributed by atoms with E-state index >= 15 is 0 Å². The van der Waals surface area contributed by atoms with Crippen molar-refractivity contribution < 1.29 is 157 Å². The normalized spacial score (nSPS) is 11.9. The summed E-state index contributed by atoms with van der Waals surface area (Å²) in [7, 11) is -3.80. The fourth-order valence-corrected chi connectivity index (χ4v) is 10.9. The number of anilines is 3. The number of aromatic carboxylic acids is 4. The number of carbonyl (C=O) groups excluding carboxylic acids is 8. The number of methoxy groups -OCH3 is 2. The number of ether oxygens (including phenoxy) is 6. The summed E-state index contributed by atoms with van der Waals surface area (Å²) < 4.78 is 129. The highest BCUT2D eigenvalue weighted by Crippen LogP contribution is 2.40. The third kappa shape index (κ3) is 27.6. The first-order chi connectivity index (χ1) is 49.9. The number of amides is 4. The Hall–Kier alpha value is -13.0. The predicted molar refractivity (Wildman–Crippen MR) is 369 cm³/mol. The maximum atomic E-state index is 14.2. The van der Waals surface area contributed by atoms with Crippen LogP contribution in [0.3, 0.4) is 0 Å². The molecule has 0 radical (unpaired) electrons. The van der Waals surface area contributed by atoms with Gasteiger partial charge in [0.25, 0.3) is 23.5 Å². The van der Waals surface area contributed by atoms with Gasteiger partial charge in [0.1, 0.15) is 42.9 Å². The SMILES string of the molecule is CC(=O)Nc1cc(F)cc2c1C(=O)OC2=O.CC(=O)O.CC(=O)OC(C)=O.CCOc1cc(C(CS(C)(=O)=O)N2C(=O)c3cc(F)cc(NC(C)=O)c3C2=O)ccc1OC.CCOc1cc(C(N)CS(C)(=O)=O)ccc1OC.Nc1cc(F)cc(C(=O)O)c1C(=O)O.O=C(O)c1cc(F)cc([N+](=O)[O-])c1C(=O)O.[HH]. The van der Waals surface area contributed by atoms with Crippen LogP contribution in [-0.2, 0) is 53.1 Å². The van der Waals surface area contributed by atoms with E-state index in [1.807, 2.05) is 6.92 Å². The standard InChI is InChI=1S/C22H23FN2O7S.C12H19NO4S.C10H6FNO4.C8H4FNO6.C8H6FNO4.C4H6O3.C2H4O2.H2/c1-5-32-19-8-13(6-7-18(19)31-3)17(11-33(4,29)30)25-21(27)15-9-14(23)10-16(24-12(2)26)20(15)22(25)28;1-4-17-12-7-9(5-6-11(12)16-2)10(13)8-18(3,14)15;1-4(13)12-7-3-5(11)2-6-8(7)10(15)16-9(6)14;9-3-1-4(7(11)12)6(8(13)14)5(2-3)10(15)16;9-3-1-4(7(11)12)6(8(13)14)5(10)2-3;1-3(5)7-4(2)6;1-2(3)4;/h6-10,17H,5,11H2,1-4H3,(H,24,26);5-7,10H,4,8,13H2,1-3H3;2-3H,1H3,(H,12,13);1-2H,(H,11,12)(H,13,14);1-2H,10H2,(H,11,12)(H,13,14);1-2H3;1H3,(H,3,4);1H. The van der Waals surface area contributed by atoms with Gasteiger partial charge in [-0.05, 0) is 91.7 Å². The molecule has 0 spiro atoms. The Morgan fingerprint density at radius 1 is 0.565 bits per heavy atom. The number of aliphatic carboxylic acids is 1. The number of imide groups is 1. The Kier molecular flexibility index (Phi) is 34.0. The number of nitrogens with zero attached hydrogens (tertiary/aromatic N) is 2. The highest BCUT2D eigenvalue weighted by molar-refractivity contribution is 7.90. The Bertz CT molecular complexity index is 4740. The third-order valence-corrected chi connectivity index (χ3v) is 14.8. The van der Waals surface area contributed by atoms with E-state index in [-0.39, 0.29) is 40.8 Å². The molecule has 4 amide bonds. The number of carbonyl (C=O) groups is 13. The topological polar surface area (TPSA) is 569 Å². The fraction of sp³-hybridized carbons (Fsp3) is 0.258. The van der Waals surface area contributed by atoms with E-state index in [9.17, 15) is 102 Å². The van der Waals surface area contributed by atoms with Crippen LogP contribution < -0.4 is 41.0 Å². The van der Waals surface area contributed by atoms with Crippen LogP contribution in [-0.4, -0.2) is 181 Å². The zero-order valence-electron chi connectivity index (χ0n) is 58.4. The lowest BCUT2D eigenvalue weighted by Gasteiger charge is -2.27. The molecule has 2 aliphatic heterocycles. The van der Waals surface area contributed by atoms with Gasteiger partial charge in [-0.15, -0.1) is 0 Å². The lowest BCUT2D eigenvalue weighted by Crippen LogP contribution is -2.37. The summed E-state index contributed by atoms with van der Waals surface area (Å²) in [6.45, 7) is 10.2. The number of rotatable bonds is 20. The van der Waals surface area contributed by atoms with E-state index in [0.717, 1.165) is 48.4 Å². The van der Waals surface area contributed by atoms with Gasteiger partial charge < -0.3 is 76.1 Å². The van der Waals surface area contributed by atoms with E-state index in [2.05, 4.69) is 20.1 Å². The monoisotopic (exact) mass is 1570 g/mol. The molecule has 0 saturated heterocycles. The minimum Gasteiger partial charge on any atom is -0.493 e. The summed E-state index contributed by atoms with van der Waals surface area (Å²) in [6, 6.07) is 13.8. The summed E-state index contributed by atoms with van der Waals surface area (Å²) in [4.78, 5) is 152. The Balaban J connectivity index is 0.000000680. The van der Waals surface area contributed by atoms with Crippen molar-refractivity contribution in [1.29, 1.82) is 0 Å². The number of hydrogen-bond donors (Lipinski definition) is 9. The Morgan fingerprint density at radius 2 is 0.972 bits per heavy atom. The van der Waals surface area contributed by atoms with E-state index in [1.54, 1.807) is 32.2 Å². The van der Waals surface area contributed by atoms with Crippen LogP contribution in [0.25, 0.3) is 0 Å². The second-order valence-electron chi connectivity index (χ2n) is 21.6. The van der Waals surface area contributed by atoms with Gasteiger partial charge in [0.15, 0.2) is 28.6 Å². The number of nitrogens with two attached hydrogens (primary N) is 2. The Morgan fingerprint density at radius 3 is 1.36 bits per heavy atom. The van der Waals surface area contributed by atoms with Crippen molar-refractivity contribution >= 4 is 120 Å². The van der Waals surface area contributed by atoms with E-state index in [1.165, 1.54) is 59.3 Å². The molecule has 2 unspecified atom stereocenters. The van der Waals surface area contributed by atoms with Crippen molar-refractivity contribution in [3.63, 3.8) is 0 Å². The van der Waals surface area contributed by atoms with Crippen molar-refractivity contribution in [3.05, 3.63) is 174 Å². The van der Waals surface area contributed by atoms with Crippen LogP contribution in [0.15, 0.2) is 84.9 Å². The molecule has 2 heterocycles. The number of benzene rings is 6. The van der Waals surface area contributed by atoms with Crippen LogP contribution in [0.1, 0.15) is 156 Å². The van der Waals surface area contributed by atoms with Gasteiger partial charge in [-0.25, -0.2) is 63.2 Å². The minimum absolute atomic E-state index is 0. The molecule has 0 aliphatic carbocycles. The second-order valence-corrected chi connectivity index (χ2v) is 26.0. The molecule has 0 fully saturated rings. The van der Waals surface area contributed by atoms with Crippen molar-refractivity contribution in [2.24, 2.45) is 5.73 Å². The zero-order valence-corrected chi connectivity index (χ0v) is 60.0. The molecule has 11 N–H and O–H groups in total. The van der Waals surface area contributed by atoms with Gasteiger partial charge in [0, 0.05) is 60.3 Å². The van der Waals surface area contributed by atoms with Crippen LogP contribution in [0.2, 0.25) is 0 Å². The number of carboxylic acid groups (broad SMARTS) is 5. The molecule has 36 nitrogen and oxygen atoms in total. The van der Waals surface area contributed by atoms with Crippen LogP contribution in [0.4, 0.5) is 40.3 Å². The van der Waals surface area contributed by atoms with Crippen LogP contribution in [0.5, 0.6) is 23.0 Å². The highest BCUT2D eigenvalue weighted by Gasteiger charge is 2.44. The third-order valence-electron chi connectivity index (χ3n) is 13.0.